The summed E-state index contributed by atoms with van der Waals surface area (Å²) >= 11 is 0. The maximum absolute atomic E-state index is 13.4. The van der Waals surface area contributed by atoms with Crippen LogP contribution >= 0.6 is 0 Å². The highest BCUT2D eigenvalue weighted by atomic mass is 19.1. The summed E-state index contributed by atoms with van der Waals surface area (Å²) in [6.07, 6.45) is -0.606. The number of nitrogens with one attached hydrogen (secondary N) is 1. The van der Waals surface area contributed by atoms with Gasteiger partial charge in [0.15, 0.2) is 11.9 Å². The number of carbonyl (C=O) groups is 2. The molecular weight excluding hydrogens is 375 g/mol. The molecule has 0 bridgehead atoms. The first-order valence-corrected chi connectivity index (χ1v) is 9.13. The van der Waals surface area contributed by atoms with Crippen molar-refractivity contribution in [2.45, 2.75) is 18.8 Å². The van der Waals surface area contributed by atoms with Crippen LogP contribution in [0.3, 0.4) is 0 Å². The largest absolute Gasteiger partial charge is 0.325 e. The summed E-state index contributed by atoms with van der Waals surface area (Å²) in [5, 5.41) is 11.0. The van der Waals surface area contributed by atoms with E-state index in [9.17, 15) is 14.0 Å². The number of hydrogen-bond donors (Lipinski definition) is 1. The van der Waals surface area contributed by atoms with Gasteiger partial charge in [0.05, 0.1) is 0 Å². The standard InChI is InChI=1S/C20H17FN6O2/c1-25-18-15(17(28)22-20(25)29)26(11-12-5-3-2-4-6-12)19-24-23-16(27(18)19)13-7-9-14(21)10-8-13/h2-10,15,18H,11H2,1H3,(H,22,28,29). The zero-order chi connectivity index (χ0) is 20.1. The van der Waals surface area contributed by atoms with Crippen LogP contribution in [0.5, 0.6) is 0 Å². The molecule has 8 nitrogen and oxygen atoms in total. The second kappa shape index (κ2) is 6.40. The molecule has 3 aromatic rings. The fourth-order valence-electron chi connectivity index (χ4n) is 3.94. The molecule has 2 aliphatic rings. The molecule has 1 N–H and O–H groups in total. The van der Waals surface area contributed by atoms with E-state index < -0.39 is 18.2 Å². The molecule has 5 rings (SSSR count). The third-order valence-electron chi connectivity index (χ3n) is 5.33. The molecule has 0 radical (unpaired) electrons. The van der Waals surface area contributed by atoms with Crippen molar-refractivity contribution in [1.29, 1.82) is 0 Å². The first kappa shape index (κ1) is 17.4. The highest BCUT2D eigenvalue weighted by molar-refractivity contribution is 6.02. The van der Waals surface area contributed by atoms with Gasteiger partial charge >= 0.3 is 6.03 Å². The van der Waals surface area contributed by atoms with Crippen LogP contribution in [0.2, 0.25) is 0 Å². The van der Waals surface area contributed by atoms with E-state index in [0.717, 1.165) is 5.56 Å². The maximum atomic E-state index is 13.4. The van der Waals surface area contributed by atoms with Crippen LogP contribution < -0.4 is 10.2 Å². The first-order chi connectivity index (χ1) is 14.0. The summed E-state index contributed by atoms with van der Waals surface area (Å²) in [7, 11) is 1.63. The Bertz CT molecular complexity index is 1100. The second-order valence-corrected chi connectivity index (χ2v) is 7.08. The van der Waals surface area contributed by atoms with E-state index in [2.05, 4.69) is 15.5 Å². The molecule has 1 fully saturated rings. The molecule has 146 valence electrons. The van der Waals surface area contributed by atoms with Crippen molar-refractivity contribution in [2.24, 2.45) is 0 Å². The van der Waals surface area contributed by atoms with Gasteiger partial charge < -0.3 is 9.80 Å². The van der Waals surface area contributed by atoms with Crippen LogP contribution in [0.15, 0.2) is 54.6 Å². The Morgan fingerprint density at radius 2 is 1.76 bits per heavy atom. The maximum Gasteiger partial charge on any atom is 0.325 e. The predicted molar refractivity (Wildman–Crippen MR) is 102 cm³/mol. The number of imide groups is 1. The van der Waals surface area contributed by atoms with E-state index in [-0.39, 0.29) is 11.7 Å². The number of benzene rings is 2. The molecule has 3 amide bonds. The molecule has 2 unspecified atom stereocenters. The van der Waals surface area contributed by atoms with Gasteiger partial charge in [-0.25, -0.2) is 9.18 Å². The molecule has 1 aromatic heterocycles. The smallest absolute Gasteiger partial charge is 0.321 e. The van der Waals surface area contributed by atoms with Crippen molar-refractivity contribution in [2.75, 3.05) is 11.9 Å². The number of halogens is 1. The van der Waals surface area contributed by atoms with E-state index in [1.807, 2.05) is 35.2 Å². The normalized spacial score (nSPS) is 20.5. The van der Waals surface area contributed by atoms with Crippen molar-refractivity contribution in [1.82, 2.24) is 25.0 Å². The quantitative estimate of drug-likeness (QED) is 0.739. The Kier molecular flexibility index (Phi) is 3.83. The highest BCUT2D eigenvalue weighted by Gasteiger charge is 2.52. The van der Waals surface area contributed by atoms with Crippen molar-refractivity contribution in [3.8, 4) is 11.4 Å². The molecule has 3 heterocycles. The number of anilines is 1. The van der Waals surface area contributed by atoms with Gasteiger partial charge in [0.25, 0.3) is 5.91 Å². The zero-order valence-electron chi connectivity index (χ0n) is 15.5. The van der Waals surface area contributed by atoms with Crippen LogP contribution in [-0.2, 0) is 11.3 Å². The van der Waals surface area contributed by atoms with Crippen molar-refractivity contribution in [3.63, 3.8) is 0 Å². The summed E-state index contributed by atoms with van der Waals surface area (Å²) in [5.74, 6) is 0.215. The van der Waals surface area contributed by atoms with E-state index in [1.54, 1.807) is 23.7 Å². The third-order valence-corrected chi connectivity index (χ3v) is 5.33. The van der Waals surface area contributed by atoms with E-state index in [0.29, 0.717) is 23.9 Å². The SMILES string of the molecule is CN1C(=O)NC(=O)C2C1n1c(-c3ccc(F)cc3)nnc1N2Cc1ccccc1. The van der Waals surface area contributed by atoms with E-state index >= 15 is 0 Å². The van der Waals surface area contributed by atoms with Crippen LogP contribution in [0.25, 0.3) is 11.4 Å². The average Bonchev–Trinajstić information content (AvgIpc) is 3.27. The van der Waals surface area contributed by atoms with Gasteiger partial charge in [0.1, 0.15) is 12.0 Å². The lowest BCUT2D eigenvalue weighted by Gasteiger charge is -2.37. The van der Waals surface area contributed by atoms with Gasteiger partial charge in [-0.1, -0.05) is 30.3 Å². The molecule has 2 aromatic carbocycles. The number of rotatable bonds is 3. The molecule has 2 aliphatic heterocycles. The fraction of sp³-hybridized carbons (Fsp3) is 0.200. The van der Waals surface area contributed by atoms with Crippen LogP contribution in [0.4, 0.5) is 15.1 Å². The van der Waals surface area contributed by atoms with E-state index in [1.165, 1.54) is 17.0 Å². The van der Waals surface area contributed by atoms with Crippen LogP contribution in [-0.4, -0.2) is 44.7 Å². The molecule has 29 heavy (non-hydrogen) atoms. The first-order valence-electron chi connectivity index (χ1n) is 9.13. The minimum Gasteiger partial charge on any atom is -0.321 e. The summed E-state index contributed by atoms with van der Waals surface area (Å²) < 4.78 is 15.2. The molecule has 2 atom stereocenters. The molecule has 0 spiro atoms. The number of hydrogen-bond acceptors (Lipinski definition) is 5. The van der Waals surface area contributed by atoms with Gasteiger partial charge in [0, 0.05) is 19.2 Å². The van der Waals surface area contributed by atoms with Crippen molar-refractivity contribution >= 4 is 17.9 Å². The number of likely N-dealkylation sites (N-methyl/N-ethyl adjacent to an activating group) is 1. The minimum atomic E-state index is -0.650. The van der Waals surface area contributed by atoms with Gasteiger partial charge in [-0.05, 0) is 29.8 Å². The third kappa shape index (κ3) is 2.65. The topological polar surface area (TPSA) is 83.4 Å². The average molecular weight is 392 g/mol. The Morgan fingerprint density at radius 3 is 2.48 bits per heavy atom. The lowest BCUT2D eigenvalue weighted by molar-refractivity contribution is -0.124. The number of nitrogens with zero attached hydrogens (tertiary/aromatic N) is 5. The molecule has 0 saturated carbocycles. The molecule has 1 saturated heterocycles. The monoisotopic (exact) mass is 392 g/mol. The fourth-order valence-corrected chi connectivity index (χ4v) is 3.94. The Morgan fingerprint density at radius 1 is 1.03 bits per heavy atom. The Hall–Kier alpha value is -3.75. The Labute approximate surface area is 165 Å². The van der Waals surface area contributed by atoms with Gasteiger partial charge in [-0.15, -0.1) is 10.2 Å². The van der Waals surface area contributed by atoms with E-state index in [4.69, 9.17) is 0 Å². The minimum absolute atomic E-state index is 0.358. The summed E-state index contributed by atoms with van der Waals surface area (Å²) in [4.78, 5) is 28.4. The number of carbonyl (C=O) groups excluding carboxylic acids is 2. The molecule has 9 heteroatoms. The van der Waals surface area contributed by atoms with Crippen LogP contribution in [0, 0.1) is 5.82 Å². The Balaban J connectivity index is 1.65. The van der Waals surface area contributed by atoms with Gasteiger partial charge in [0.2, 0.25) is 5.95 Å². The number of urea groups is 1. The second-order valence-electron chi connectivity index (χ2n) is 7.08. The lowest BCUT2D eigenvalue weighted by atomic mass is 10.1. The number of aromatic nitrogens is 3. The lowest BCUT2D eigenvalue weighted by Crippen LogP contribution is -2.61. The number of fused-ring (bicyclic) bond motifs is 3. The summed E-state index contributed by atoms with van der Waals surface area (Å²) in [6.45, 7) is 0.430. The number of amides is 3. The predicted octanol–water partition coefficient (Wildman–Crippen LogP) is 2.15. The van der Waals surface area contributed by atoms with Gasteiger partial charge in [-0.3, -0.25) is 14.7 Å². The summed E-state index contributed by atoms with van der Waals surface area (Å²) in [5.41, 5.74) is 1.65. The zero-order valence-corrected chi connectivity index (χ0v) is 15.5. The van der Waals surface area contributed by atoms with Crippen molar-refractivity contribution in [3.05, 3.63) is 66.0 Å². The molecular formula is C20H17FN6O2. The van der Waals surface area contributed by atoms with Crippen molar-refractivity contribution < 1.29 is 14.0 Å². The molecule has 0 aliphatic carbocycles. The van der Waals surface area contributed by atoms with Gasteiger partial charge in [-0.2, -0.15) is 0 Å². The summed E-state index contributed by atoms with van der Waals surface area (Å²) in [6, 6.07) is 14.5. The van der Waals surface area contributed by atoms with Crippen LogP contribution in [0.1, 0.15) is 11.7 Å². The highest BCUT2D eigenvalue weighted by Crippen LogP contribution is 2.41.